The molecule has 5 rings (SSSR count). The molecular weight excluding hydrogens is 527 g/mol. The molecule has 1 aliphatic heterocycles. The number of nitrogens with one attached hydrogen (secondary N) is 2. The highest BCUT2D eigenvalue weighted by atomic mass is 19.1. The summed E-state index contributed by atoms with van der Waals surface area (Å²) >= 11 is 0. The molecule has 1 fully saturated rings. The Kier molecular flexibility index (Phi) is 8.54. The summed E-state index contributed by atoms with van der Waals surface area (Å²) in [5.74, 6) is 0.161. The van der Waals surface area contributed by atoms with Gasteiger partial charge in [-0.3, -0.25) is 9.69 Å². The summed E-state index contributed by atoms with van der Waals surface area (Å²) < 4.78 is 27.4. The lowest BCUT2D eigenvalue weighted by molar-refractivity contribution is -0.119. The molecule has 0 radical (unpaired) electrons. The Morgan fingerprint density at radius 3 is 2.54 bits per heavy atom. The molecule has 41 heavy (non-hydrogen) atoms. The number of methoxy groups -OCH3 is 1. The van der Waals surface area contributed by atoms with Crippen LogP contribution >= 0.6 is 0 Å². The molecule has 1 saturated heterocycles. The molecule has 0 aliphatic carbocycles. The van der Waals surface area contributed by atoms with Crippen LogP contribution in [0.15, 0.2) is 72.9 Å². The van der Waals surface area contributed by atoms with E-state index in [0.29, 0.717) is 30.9 Å². The number of hydrogen-bond acceptors (Lipinski definition) is 7. The van der Waals surface area contributed by atoms with E-state index in [1.807, 2.05) is 53.2 Å². The van der Waals surface area contributed by atoms with E-state index < -0.39 is 18.0 Å². The van der Waals surface area contributed by atoms with E-state index >= 15 is 4.39 Å². The van der Waals surface area contributed by atoms with Crippen LogP contribution in [0.2, 0.25) is 0 Å². The zero-order chi connectivity index (χ0) is 28.8. The van der Waals surface area contributed by atoms with Crippen molar-refractivity contribution in [2.45, 2.75) is 32.7 Å². The van der Waals surface area contributed by atoms with Crippen molar-refractivity contribution in [1.29, 1.82) is 0 Å². The zero-order valence-electron chi connectivity index (χ0n) is 22.8. The number of aromatic nitrogens is 3. The van der Waals surface area contributed by atoms with Gasteiger partial charge in [0.2, 0.25) is 5.91 Å². The predicted octanol–water partition coefficient (Wildman–Crippen LogP) is 3.89. The highest BCUT2D eigenvalue weighted by Gasteiger charge is 2.32. The Hall–Kier alpha value is -4.77. The molecule has 10 nitrogen and oxygen atoms in total. The van der Waals surface area contributed by atoms with E-state index in [9.17, 15) is 9.59 Å². The number of ether oxygens (including phenoxy) is 2. The largest absolute Gasteiger partial charge is 0.497 e. The maximum Gasteiger partial charge on any atom is 0.414 e. The van der Waals surface area contributed by atoms with E-state index in [0.717, 1.165) is 28.1 Å². The highest BCUT2D eigenvalue weighted by molar-refractivity contribution is 5.90. The summed E-state index contributed by atoms with van der Waals surface area (Å²) in [6.07, 6.45) is 0.696. The van der Waals surface area contributed by atoms with E-state index in [1.54, 1.807) is 25.4 Å². The van der Waals surface area contributed by atoms with Crippen molar-refractivity contribution >= 4 is 17.7 Å². The van der Waals surface area contributed by atoms with Gasteiger partial charge in [0.1, 0.15) is 17.7 Å². The number of benzene rings is 3. The van der Waals surface area contributed by atoms with Gasteiger partial charge in [0.15, 0.2) is 0 Å². The first-order valence-electron chi connectivity index (χ1n) is 13.2. The minimum absolute atomic E-state index is 0.206. The standard InChI is InChI=1S/C30H31FN6O4/c1-20(38)33-17-27-19-36(30(39)41-27)24-9-12-28(29(31)13-24)23-7-3-21(4-8-23)14-32-15-25-16-34-35-37(25)18-22-5-10-26(40-2)11-6-22/h3-13,16,27,32H,14-15,17-19H2,1-2H3,(H,33,38). The van der Waals surface area contributed by atoms with Crippen LogP contribution < -0.4 is 20.3 Å². The van der Waals surface area contributed by atoms with Crippen molar-refractivity contribution in [2.24, 2.45) is 0 Å². The molecule has 1 aromatic heterocycles. The second kappa shape index (κ2) is 12.6. The van der Waals surface area contributed by atoms with E-state index in [1.165, 1.54) is 17.9 Å². The average molecular weight is 559 g/mol. The Morgan fingerprint density at radius 1 is 1.07 bits per heavy atom. The second-order valence-corrected chi connectivity index (χ2v) is 9.75. The summed E-state index contributed by atoms with van der Waals surface area (Å²) in [5.41, 5.74) is 4.67. The molecule has 2 amide bonds. The van der Waals surface area contributed by atoms with Gasteiger partial charge in [-0.1, -0.05) is 41.6 Å². The van der Waals surface area contributed by atoms with Crippen LogP contribution in [0, 0.1) is 5.82 Å². The Balaban J connectivity index is 1.15. The van der Waals surface area contributed by atoms with Crippen molar-refractivity contribution in [3.8, 4) is 16.9 Å². The van der Waals surface area contributed by atoms with Gasteiger partial charge in [-0.25, -0.2) is 13.9 Å². The summed E-state index contributed by atoms with van der Waals surface area (Å²) in [6.45, 7) is 3.65. The van der Waals surface area contributed by atoms with Crippen molar-refractivity contribution in [1.82, 2.24) is 25.6 Å². The highest BCUT2D eigenvalue weighted by Crippen LogP contribution is 2.29. The number of carbonyl (C=O) groups is 2. The van der Waals surface area contributed by atoms with Crippen LogP contribution in [-0.2, 0) is 29.2 Å². The molecule has 1 aliphatic rings. The van der Waals surface area contributed by atoms with E-state index in [4.69, 9.17) is 9.47 Å². The Morgan fingerprint density at radius 2 is 1.83 bits per heavy atom. The molecule has 11 heteroatoms. The lowest BCUT2D eigenvalue weighted by atomic mass is 10.0. The quantitative estimate of drug-likeness (QED) is 0.287. The lowest BCUT2D eigenvalue weighted by Gasteiger charge is -2.15. The molecule has 4 aromatic rings. The summed E-state index contributed by atoms with van der Waals surface area (Å²) in [6, 6.07) is 20.2. The van der Waals surface area contributed by atoms with Crippen LogP contribution in [0.5, 0.6) is 5.75 Å². The van der Waals surface area contributed by atoms with Crippen LogP contribution in [-0.4, -0.2) is 53.3 Å². The molecule has 0 saturated carbocycles. The predicted molar refractivity (Wildman–Crippen MR) is 151 cm³/mol. The minimum atomic E-state index is -0.566. The number of nitrogens with zero attached hydrogens (tertiary/aromatic N) is 4. The first kappa shape index (κ1) is 27.8. The number of hydrogen-bond donors (Lipinski definition) is 2. The fourth-order valence-electron chi connectivity index (χ4n) is 4.59. The van der Waals surface area contributed by atoms with Gasteiger partial charge in [0.25, 0.3) is 0 Å². The molecule has 2 N–H and O–H groups in total. The van der Waals surface area contributed by atoms with E-state index in [2.05, 4.69) is 20.9 Å². The smallest absolute Gasteiger partial charge is 0.414 e. The third-order valence-corrected chi connectivity index (χ3v) is 6.81. The summed E-state index contributed by atoms with van der Waals surface area (Å²) in [4.78, 5) is 24.8. The number of cyclic esters (lactones) is 1. The van der Waals surface area contributed by atoms with Gasteiger partial charge in [0, 0.05) is 25.6 Å². The van der Waals surface area contributed by atoms with Gasteiger partial charge >= 0.3 is 6.09 Å². The zero-order valence-corrected chi connectivity index (χ0v) is 22.8. The summed E-state index contributed by atoms with van der Waals surface area (Å²) in [5, 5.41) is 14.3. The second-order valence-electron chi connectivity index (χ2n) is 9.75. The number of anilines is 1. The number of carbonyl (C=O) groups excluding carboxylic acids is 2. The monoisotopic (exact) mass is 558 g/mol. The van der Waals surface area contributed by atoms with Crippen LogP contribution in [0.4, 0.5) is 14.9 Å². The number of rotatable bonds is 11. The molecular formula is C30H31FN6O4. The van der Waals surface area contributed by atoms with Gasteiger partial charge in [-0.15, -0.1) is 5.10 Å². The van der Waals surface area contributed by atoms with Crippen molar-refractivity contribution in [2.75, 3.05) is 25.1 Å². The topological polar surface area (TPSA) is 111 Å². The third kappa shape index (κ3) is 6.87. The first-order chi connectivity index (χ1) is 19.9. The molecule has 1 atom stereocenters. The maximum atomic E-state index is 15.1. The third-order valence-electron chi connectivity index (χ3n) is 6.81. The van der Waals surface area contributed by atoms with Gasteiger partial charge in [-0.2, -0.15) is 0 Å². The van der Waals surface area contributed by atoms with Crippen LogP contribution in [0.3, 0.4) is 0 Å². The van der Waals surface area contributed by atoms with Crippen molar-refractivity contribution in [3.63, 3.8) is 0 Å². The minimum Gasteiger partial charge on any atom is -0.497 e. The average Bonchev–Trinajstić information content (AvgIpc) is 3.58. The lowest BCUT2D eigenvalue weighted by Crippen LogP contribution is -2.33. The molecule has 2 heterocycles. The van der Waals surface area contributed by atoms with Crippen molar-refractivity contribution < 1.29 is 23.5 Å². The molecule has 0 bridgehead atoms. The Labute approximate surface area is 237 Å². The van der Waals surface area contributed by atoms with Gasteiger partial charge in [-0.05, 0) is 47.0 Å². The fourth-order valence-corrected chi connectivity index (χ4v) is 4.59. The van der Waals surface area contributed by atoms with Crippen LogP contribution in [0.1, 0.15) is 23.7 Å². The molecule has 1 unspecified atom stereocenters. The molecule has 212 valence electrons. The van der Waals surface area contributed by atoms with Crippen LogP contribution in [0.25, 0.3) is 11.1 Å². The summed E-state index contributed by atoms with van der Waals surface area (Å²) in [7, 11) is 1.64. The van der Waals surface area contributed by atoms with Gasteiger partial charge < -0.3 is 20.1 Å². The Bertz CT molecular complexity index is 1510. The first-order valence-corrected chi connectivity index (χ1v) is 13.2. The maximum absolute atomic E-state index is 15.1. The number of amides is 2. The normalized spacial score (nSPS) is 14.7. The SMILES string of the molecule is COc1ccc(Cn2nncc2CNCc2ccc(-c3ccc(N4CC(CNC(C)=O)OC4=O)cc3F)cc2)cc1. The molecule has 0 spiro atoms. The van der Waals surface area contributed by atoms with Gasteiger partial charge in [0.05, 0.1) is 44.3 Å². The number of halogens is 1. The van der Waals surface area contributed by atoms with Crippen molar-refractivity contribution in [3.05, 3.63) is 95.6 Å². The van der Waals surface area contributed by atoms with E-state index in [-0.39, 0.29) is 19.0 Å². The molecule has 3 aromatic carbocycles. The fraction of sp³-hybridized carbons (Fsp3) is 0.267.